The van der Waals surface area contributed by atoms with E-state index >= 15 is 0 Å². The van der Waals surface area contributed by atoms with Crippen LogP contribution in [0.1, 0.15) is 15.9 Å². The van der Waals surface area contributed by atoms with Crippen molar-refractivity contribution >= 4 is 23.4 Å². The lowest BCUT2D eigenvalue weighted by Crippen LogP contribution is -2.16. The Balaban J connectivity index is 2.01. The molecule has 2 aromatic carbocycles. The van der Waals surface area contributed by atoms with Gasteiger partial charge in [-0.05, 0) is 29.8 Å². The van der Waals surface area contributed by atoms with Crippen molar-refractivity contribution in [1.82, 2.24) is 0 Å². The highest BCUT2D eigenvalue weighted by atomic mass is 35.5. The molecule has 5 nitrogen and oxygen atoms in total. The maximum atomic E-state index is 11.9. The molecular formula is C16H15ClN2O3. The van der Waals surface area contributed by atoms with Crippen LogP contribution in [0, 0.1) is 0 Å². The highest BCUT2D eigenvalue weighted by Crippen LogP contribution is 2.18. The number of methoxy groups -OCH3 is 1. The maximum absolute atomic E-state index is 11.9. The fourth-order valence-electron chi connectivity index (χ4n) is 1.81. The zero-order valence-electron chi connectivity index (χ0n) is 12.0. The molecule has 0 spiro atoms. The van der Waals surface area contributed by atoms with E-state index in [2.05, 4.69) is 5.16 Å². The van der Waals surface area contributed by atoms with Crippen molar-refractivity contribution in [2.75, 3.05) is 7.11 Å². The standard InChI is InChI=1S/C16H15ClN2O3/c1-21-14-5-3-2-4-13(14)16(20)22-19-15(18)10-11-6-8-12(17)9-7-11/h2-9H,10H2,1H3,(H2,18,19). The Kier molecular flexibility index (Phi) is 5.38. The van der Waals surface area contributed by atoms with Crippen LogP contribution >= 0.6 is 11.6 Å². The van der Waals surface area contributed by atoms with Gasteiger partial charge in [0.25, 0.3) is 0 Å². The summed E-state index contributed by atoms with van der Waals surface area (Å²) in [4.78, 5) is 16.8. The van der Waals surface area contributed by atoms with E-state index in [4.69, 9.17) is 26.9 Å². The number of carbonyl (C=O) groups is 1. The summed E-state index contributed by atoms with van der Waals surface area (Å²) in [6.07, 6.45) is 0.358. The van der Waals surface area contributed by atoms with Gasteiger partial charge in [0.15, 0.2) is 0 Å². The number of benzene rings is 2. The molecule has 0 heterocycles. The third-order valence-corrected chi connectivity index (χ3v) is 3.12. The third-order valence-electron chi connectivity index (χ3n) is 2.87. The first-order valence-corrected chi connectivity index (χ1v) is 6.89. The Bertz CT molecular complexity index is 684. The fraction of sp³-hybridized carbons (Fsp3) is 0.125. The van der Waals surface area contributed by atoms with E-state index < -0.39 is 5.97 Å². The largest absolute Gasteiger partial charge is 0.496 e. The van der Waals surface area contributed by atoms with Gasteiger partial charge in [-0.25, -0.2) is 4.79 Å². The highest BCUT2D eigenvalue weighted by Gasteiger charge is 2.13. The van der Waals surface area contributed by atoms with Crippen LogP contribution in [0.15, 0.2) is 53.7 Å². The number of halogens is 1. The molecule has 0 amide bonds. The van der Waals surface area contributed by atoms with Gasteiger partial charge in [0.2, 0.25) is 0 Å². The predicted molar refractivity (Wildman–Crippen MR) is 85.2 cm³/mol. The molecule has 2 rings (SSSR count). The van der Waals surface area contributed by atoms with Gasteiger partial charge in [-0.3, -0.25) is 0 Å². The smallest absolute Gasteiger partial charge is 0.369 e. The Hall–Kier alpha value is -2.53. The molecule has 0 fully saturated rings. The number of ether oxygens (including phenoxy) is 1. The first-order valence-electron chi connectivity index (χ1n) is 6.51. The van der Waals surface area contributed by atoms with E-state index in [0.717, 1.165) is 5.56 Å². The van der Waals surface area contributed by atoms with Gasteiger partial charge in [-0.2, -0.15) is 0 Å². The van der Waals surface area contributed by atoms with Crippen molar-refractivity contribution in [2.24, 2.45) is 10.9 Å². The second-order valence-electron chi connectivity index (χ2n) is 4.46. The van der Waals surface area contributed by atoms with Gasteiger partial charge >= 0.3 is 5.97 Å². The number of carbonyl (C=O) groups excluding carboxylic acids is 1. The molecule has 0 aliphatic heterocycles. The molecule has 0 saturated carbocycles. The van der Waals surface area contributed by atoms with Crippen LogP contribution in [-0.2, 0) is 11.3 Å². The number of nitrogens with two attached hydrogens (primary N) is 1. The lowest BCUT2D eigenvalue weighted by Gasteiger charge is -2.05. The zero-order chi connectivity index (χ0) is 15.9. The van der Waals surface area contributed by atoms with Crippen LogP contribution in [-0.4, -0.2) is 18.9 Å². The number of amidine groups is 1. The van der Waals surface area contributed by atoms with Crippen molar-refractivity contribution in [3.8, 4) is 5.75 Å². The second-order valence-corrected chi connectivity index (χ2v) is 4.90. The molecule has 0 bridgehead atoms. The fourth-order valence-corrected chi connectivity index (χ4v) is 1.93. The topological polar surface area (TPSA) is 73.9 Å². The van der Waals surface area contributed by atoms with Crippen molar-refractivity contribution in [3.63, 3.8) is 0 Å². The minimum atomic E-state index is -0.628. The van der Waals surface area contributed by atoms with Crippen LogP contribution in [0.25, 0.3) is 0 Å². The van der Waals surface area contributed by atoms with Crippen molar-refractivity contribution < 1.29 is 14.4 Å². The third kappa shape index (κ3) is 4.23. The molecule has 114 valence electrons. The molecule has 0 aliphatic rings. The summed E-state index contributed by atoms with van der Waals surface area (Å²) in [6, 6.07) is 13.9. The van der Waals surface area contributed by atoms with Gasteiger partial charge in [-0.1, -0.05) is 41.0 Å². The van der Waals surface area contributed by atoms with Gasteiger partial charge in [-0.15, -0.1) is 0 Å². The Morgan fingerprint density at radius 3 is 2.55 bits per heavy atom. The summed E-state index contributed by atoms with van der Waals surface area (Å²) in [7, 11) is 1.48. The van der Waals surface area contributed by atoms with E-state index in [1.54, 1.807) is 36.4 Å². The van der Waals surface area contributed by atoms with Crippen molar-refractivity contribution in [3.05, 3.63) is 64.7 Å². The molecule has 6 heteroatoms. The number of hydrogen-bond donors (Lipinski definition) is 1. The van der Waals surface area contributed by atoms with Gasteiger partial charge in [0, 0.05) is 11.4 Å². The minimum Gasteiger partial charge on any atom is -0.496 e. The first kappa shape index (κ1) is 15.9. The molecule has 0 atom stereocenters. The van der Waals surface area contributed by atoms with Crippen LogP contribution < -0.4 is 10.5 Å². The van der Waals surface area contributed by atoms with Gasteiger partial charge in [0.05, 0.1) is 7.11 Å². The summed E-state index contributed by atoms with van der Waals surface area (Å²) in [6.45, 7) is 0. The van der Waals surface area contributed by atoms with E-state index in [0.29, 0.717) is 17.2 Å². The van der Waals surface area contributed by atoms with Gasteiger partial charge in [0.1, 0.15) is 17.1 Å². The predicted octanol–water partition coefficient (Wildman–Crippen LogP) is 3.02. The molecule has 22 heavy (non-hydrogen) atoms. The molecule has 0 aliphatic carbocycles. The molecule has 2 N–H and O–H groups in total. The molecule has 0 radical (unpaired) electrons. The van der Waals surface area contributed by atoms with Crippen molar-refractivity contribution in [1.29, 1.82) is 0 Å². The number of para-hydroxylation sites is 1. The monoisotopic (exact) mass is 318 g/mol. The lowest BCUT2D eigenvalue weighted by molar-refractivity contribution is 0.0511. The Morgan fingerprint density at radius 1 is 1.18 bits per heavy atom. The average molecular weight is 319 g/mol. The van der Waals surface area contributed by atoms with Gasteiger partial charge < -0.3 is 15.3 Å². The minimum absolute atomic E-state index is 0.186. The number of rotatable bonds is 5. The maximum Gasteiger partial charge on any atom is 0.369 e. The molecule has 0 saturated heterocycles. The SMILES string of the molecule is COc1ccccc1C(=O)O/N=C(/N)Cc1ccc(Cl)cc1. The first-order chi connectivity index (χ1) is 10.6. The van der Waals surface area contributed by atoms with Crippen LogP contribution in [0.5, 0.6) is 5.75 Å². The highest BCUT2D eigenvalue weighted by molar-refractivity contribution is 6.30. The summed E-state index contributed by atoms with van der Waals surface area (Å²) < 4.78 is 5.09. The molecular weight excluding hydrogens is 304 g/mol. The Labute approximate surface area is 133 Å². The normalized spacial score (nSPS) is 11.1. The number of oxime groups is 1. The number of nitrogens with zero attached hydrogens (tertiary/aromatic N) is 1. The van der Waals surface area contributed by atoms with Crippen LogP contribution in [0.4, 0.5) is 0 Å². The summed E-state index contributed by atoms with van der Waals surface area (Å²) in [5, 5.41) is 4.29. The lowest BCUT2D eigenvalue weighted by atomic mass is 10.1. The summed E-state index contributed by atoms with van der Waals surface area (Å²) >= 11 is 5.80. The average Bonchev–Trinajstić information content (AvgIpc) is 2.54. The molecule has 0 aromatic heterocycles. The van der Waals surface area contributed by atoms with E-state index in [9.17, 15) is 4.79 Å². The summed E-state index contributed by atoms with van der Waals surface area (Å²) in [5.41, 5.74) is 6.95. The molecule has 2 aromatic rings. The second kappa shape index (κ2) is 7.47. The van der Waals surface area contributed by atoms with Crippen LogP contribution in [0.3, 0.4) is 0 Å². The van der Waals surface area contributed by atoms with Crippen LogP contribution in [0.2, 0.25) is 5.02 Å². The quantitative estimate of drug-likeness (QED) is 0.398. The van der Waals surface area contributed by atoms with E-state index in [1.165, 1.54) is 7.11 Å². The number of hydrogen-bond acceptors (Lipinski definition) is 4. The zero-order valence-corrected chi connectivity index (χ0v) is 12.7. The van der Waals surface area contributed by atoms with Crippen molar-refractivity contribution in [2.45, 2.75) is 6.42 Å². The van der Waals surface area contributed by atoms with E-state index in [1.807, 2.05) is 12.1 Å². The Morgan fingerprint density at radius 2 is 1.86 bits per heavy atom. The summed E-state index contributed by atoms with van der Waals surface area (Å²) in [5.74, 6) is -0.0268. The molecule has 0 unspecified atom stereocenters. The van der Waals surface area contributed by atoms with E-state index in [-0.39, 0.29) is 11.4 Å².